The van der Waals surface area contributed by atoms with Gasteiger partial charge in [0.1, 0.15) is 0 Å². The minimum atomic E-state index is -0.136. The van der Waals surface area contributed by atoms with Crippen LogP contribution in [0.5, 0.6) is 11.5 Å². The number of nitrogens with zero attached hydrogens (tertiary/aromatic N) is 2. The third kappa shape index (κ3) is 5.23. The molecule has 168 valence electrons. The maximum absolute atomic E-state index is 13.3. The molecule has 0 atom stereocenters. The first-order valence-corrected chi connectivity index (χ1v) is 11.6. The second kappa shape index (κ2) is 10.3. The number of benzene rings is 3. The molecule has 0 saturated heterocycles. The average molecular weight is 459 g/mol. The molecule has 1 amide bonds. The monoisotopic (exact) mass is 458 g/mol. The number of amides is 1. The van der Waals surface area contributed by atoms with Crippen LogP contribution >= 0.6 is 11.3 Å². The van der Waals surface area contributed by atoms with E-state index in [0.717, 1.165) is 27.8 Å². The molecular formula is C27H26N2O3S. The summed E-state index contributed by atoms with van der Waals surface area (Å²) in [5.74, 6) is 1.13. The third-order valence-electron chi connectivity index (χ3n) is 5.36. The van der Waals surface area contributed by atoms with Gasteiger partial charge >= 0.3 is 0 Å². The van der Waals surface area contributed by atoms with Crippen molar-refractivity contribution in [2.24, 2.45) is 0 Å². The van der Waals surface area contributed by atoms with Crippen molar-refractivity contribution < 1.29 is 14.3 Å². The highest BCUT2D eigenvalue weighted by Gasteiger charge is 2.18. The van der Waals surface area contributed by atoms with Crippen molar-refractivity contribution in [2.75, 3.05) is 19.1 Å². The zero-order valence-electron chi connectivity index (χ0n) is 18.9. The van der Waals surface area contributed by atoms with Gasteiger partial charge in [-0.15, -0.1) is 0 Å². The van der Waals surface area contributed by atoms with Gasteiger partial charge in [-0.25, -0.2) is 4.98 Å². The largest absolute Gasteiger partial charge is 0.493 e. The standard InChI is InChI=1S/C27H26N2O3S/c1-4-19-10-13-22-25(17-19)33-27(28-22)29(18-21-8-6-5-7-9-21)26(30)15-12-20-11-14-23(31-2)24(16-20)32-3/h5-17H,4,18H2,1-3H3/b15-12+. The van der Waals surface area contributed by atoms with Crippen molar-refractivity contribution in [3.05, 3.63) is 89.5 Å². The Hall–Kier alpha value is -3.64. The highest BCUT2D eigenvalue weighted by molar-refractivity contribution is 7.22. The van der Waals surface area contributed by atoms with Crippen LogP contribution in [0.15, 0.2) is 72.8 Å². The van der Waals surface area contributed by atoms with Gasteiger partial charge in [-0.05, 0) is 53.5 Å². The van der Waals surface area contributed by atoms with Crippen molar-refractivity contribution in [1.82, 2.24) is 4.98 Å². The van der Waals surface area contributed by atoms with Crippen molar-refractivity contribution in [1.29, 1.82) is 0 Å². The lowest BCUT2D eigenvalue weighted by molar-refractivity contribution is -0.114. The average Bonchev–Trinajstić information content (AvgIpc) is 3.29. The fourth-order valence-corrected chi connectivity index (χ4v) is 4.55. The van der Waals surface area contributed by atoms with E-state index in [9.17, 15) is 4.79 Å². The Morgan fingerprint density at radius 3 is 2.48 bits per heavy atom. The number of hydrogen-bond donors (Lipinski definition) is 0. The summed E-state index contributed by atoms with van der Waals surface area (Å²) in [5, 5.41) is 0.684. The van der Waals surface area contributed by atoms with Crippen molar-refractivity contribution in [3.63, 3.8) is 0 Å². The molecule has 0 N–H and O–H groups in total. The van der Waals surface area contributed by atoms with Crippen LogP contribution in [0.2, 0.25) is 0 Å². The fraction of sp³-hybridized carbons (Fsp3) is 0.185. The highest BCUT2D eigenvalue weighted by atomic mass is 32.1. The molecule has 0 aliphatic carbocycles. The molecule has 0 saturated carbocycles. The van der Waals surface area contributed by atoms with Crippen LogP contribution in [0.3, 0.4) is 0 Å². The van der Waals surface area contributed by atoms with E-state index in [-0.39, 0.29) is 5.91 Å². The molecule has 5 nitrogen and oxygen atoms in total. The molecule has 6 heteroatoms. The second-order valence-electron chi connectivity index (χ2n) is 7.51. The Bertz CT molecular complexity index is 1280. The predicted molar refractivity (Wildman–Crippen MR) is 135 cm³/mol. The Balaban J connectivity index is 1.66. The van der Waals surface area contributed by atoms with Gasteiger partial charge in [0.05, 0.1) is 31.0 Å². The number of anilines is 1. The van der Waals surface area contributed by atoms with E-state index in [2.05, 4.69) is 19.1 Å². The number of aryl methyl sites for hydroxylation is 1. The summed E-state index contributed by atoms with van der Waals surface area (Å²) in [6.07, 6.45) is 4.32. The van der Waals surface area contributed by atoms with Gasteiger partial charge < -0.3 is 9.47 Å². The normalized spacial score (nSPS) is 11.1. The first-order valence-electron chi connectivity index (χ1n) is 10.8. The maximum atomic E-state index is 13.3. The van der Waals surface area contributed by atoms with E-state index in [1.165, 1.54) is 16.9 Å². The number of carbonyl (C=O) groups is 1. The van der Waals surface area contributed by atoms with Crippen molar-refractivity contribution >= 4 is 38.7 Å². The Kier molecular flexibility index (Phi) is 7.05. The van der Waals surface area contributed by atoms with Crippen LogP contribution in [0, 0.1) is 0 Å². The number of aromatic nitrogens is 1. The lowest BCUT2D eigenvalue weighted by Gasteiger charge is -2.18. The van der Waals surface area contributed by atoms with E-state index in [1.54, 1.807) is 31.3 Å². The molecule has 0 aliphatic heterocycles. The number of hydrogen-bond acceptors (Lipinski definition) is 5. The van der Waals surface area contributed by atoms with E-state index in [0.29, 0.717) is 23.2 Å². The zero-order valence-corrected chi connectivity index (χ0v) is 19.8. The van der Waals surface area contributed by atoms with Gasteiger partial charge in [-0.3, -0.25) is 9.69 Å². The summed E-state index contributed by atoms with van der Waals surface area (Å²) in [6, 6.07) is 21.8. The quantitative estimate of drug-likeness (QED) is 0.298. The first kappa shape index (κ1) is 22.6. The fourth-order valence-electron chi connectivity index (χ4n) is 3.51. The molecule has 0 fully saturated rings. The molecule has 1 heterocycles. The van der Waals surface area contributed by atoms with Crippen LogP contribution < -0.4 is 14.4 Å². The maximum Gasteiger partial charge on any atom is 0.253 e. The van der Waals surface area contributed by atoms with Crippen LogP contribution in [0.25, 0.3) is 16.3 Å². The second-order valence-corrected chi connectivity index (χ2v) is 8.52. The number of fused-ring (bicyclic) bond motifs is 1. The lowest BCUT2D eigenvalue weighted by atomic mass is 10.1. The summed E-state index contributed by atoms with van der Waals surface area (Å²) < 4.78 is 11.7. The van der Waals surface area contributed by atoms with Gasteiger partial charge in [0, 0.05) is 6.08 Å². The lowest BCUT2D eigenvalue weighted by Crippen LogP contribution is -2.28. The number of carbonyl (C=O) groups excluding carboxylic acids is 1. The van der Waals surface area contributed by atoms with Crippen LogP contribution in [-0.2, 0) is 17.8 Å². The van der Waals surface area contributed by atoms with E-state index >= 15 is 0 Å². The number of ether oxygens (including phenoxy) is 2. The highest BCUT2D eigenvalue weighted by Crippen LogP contribution is 2.31. The van der Waals surface area contributed by atoms with Gasteiger partial charge in [0.2, 0.25) is 0 Å². The Morgan fingerprint density at radius 1 is 0.970 bits per heavy atom. The molecule has 0 aliphatic rings. The number of thiazole rings is 1. The van der Waals surface area contributed by atoms with Gasteiger partial charge in [0.15, 0.2) is 16.6 Å². The smallest absolute Gasteiger partial charge is 0.253 e. The van der Waals surface area contributed by atoms with Crippen LogP contribution in [-0.4, -0.2) is 25.1 Å². The molecule has 1 aromatic heterocycles. The zero-order chi connectivity index (χ0) is 23.2. The Labute approximate surface area is 197 Å². The summed E-state index contributed by atoms with van der Waals surface area (Å²) in [4.78, 5) is 19.8. The van der Waals surface area contributed by atoms with Crippen molar-refractivity contribution in [2.45, 2.75) is 19.9 Å². The van der Waals surface area contributed by atoms with Gasteiger partial charge in [-0.1, -0.05) is 60.7 Å². The topological polar surface area (TPSA) is 51.7 Å². The number of rotatable bonds is 8. The van der Waals surface area contributed by atoms with E-state index in [1.807, 2.05) is 54.6 Å². The summed E-state index contributed by atoms with van der Waals surface area (Å²) >= 11 is 1.54. The molecule has 0 spiro atoms. The summed E-state index contributed by atoms with van der Waals surface area (Å²) in [5.41, 5.74) is 4.05. The molecule has 4 aromatic rings. The van der Waals surface area contributed by atoms with Crippen LogP contribution in [0.4, 0.5) is 5.13 Å². The first-order chi connectivity index (χ1) is 16.1. The summed E-state index contributed by atoms with van der Waals surface area (Å²) in [7, 11) is 3.19. The molecule has 0 unspecified atom stereocenters. The minimum Gasteiger partial charge on any atom is -0.493 e. The molecule has 0 bridgehead atoms. The molecule has 4 rings (SSSR count). The van der Waals surface area contributed by atoms with Crippen LogP contribution in [0.1, 0.15) is 23.6 Å². The Morgan fingerprint density at radius 2 is 1.76 bits per heavy atom. The molecule has 33 heavy (non-hydrogen) atoms. The molecular weight excluding hydrogens is 432 g/mol. The van der Waals surface area contributed by atoms with Crippen molar-refractivity contribution in [3.8, 4) is 11.5 Å². The van der Waals surface area contributed by atoms with Gasteiger partial charge in [0.25, 0.3) is 5.91 Å². The van der Waals surface area contributed by atoms with E-state index < -0.39 is 0 Å². The molecule has 0 radical (unpaired) electrons. The molecule has 3 aromatic carbocycles. The third-order valence-corrected chi connectivity index (χ3v) is 6.40. The number of methoxy groups -OCH3 is 2. The van der Waals surface area contributed by atoms with Gasteiger partial charge in [-0.2, -0.15) is 0 Å². The minimum absolute atomic E-state index is 0.136. The van der Waals surface area contributed by atoms with E-state index in [4.69, 9.17) is 14.5 Å². The predicted octanol–water partition coefficient (Wildman–Crippen LogP) is 6.12. The summed E-state index contributed by atoms with van der Waals surface area (Å²) in [6.45, 7) is 2.57. The SMILES string of the molecule is CCc1ccc2nc(N(Cc3ccccc3)C(=O)/C=C/c3ccc(OC)c(OC)c3)sc2c1.